The summed E-state index contributed by atoms with van der Waals surface area (Å²) in [5.74, 6) is -1.14. The summed E-state index contributed by atoms with van der Waals surface area (Å²) in [6.07, 6.45) is 3.57. The Bertz CT molecular complexity index is 986. The van der Waals surface area contributed by atoms with Crippen LogP contribution in [0.1, 0.15) is 51.5 Å². The van der Waals surface area contributed by atoms with Crippen LogP contribution >= 0.6 is 11.3 Å². The van der Waals surface area contributed by atoms with Gasteiger partial charge in [-0.3, -0.25) is 19.6 Å². The van der Waals surface area contributed by atoms with Gasteiger partial charge < -0.3 is 15.4 Å². The molecule has 1 aliphatic heterocycles. The van der Waals surface area contributed by atoms with Gasteiger partial charge in [0.2, 0.25) is 17.7 Å². The molecule has 0 spiro atoms. The molecule has 0 aliphatic carbocycles. The molecule has 2 heterocycles. The van der Waals surface area contributed by atoms with Gasteiger partial charge in [0.05, 0.1) is 0 Å². The molecule has 1 fully saturated rings. The molecule has 1 aromatic carbocycles. The summed E-state index contributed by atoms with van der Waals surface area (Å²) in [7, 11) is 0. The number of ether oxygens (including phenoxy) is 1. The molecule has 35 heavy (non-hydrogen) atoms. The lowest BCUT2D eigenvalue weighted by atomic mass is 9.92. The zero-order valence-corrected chi connectivity index (χ0v) is 21.4. The quantitative estimate of drug-likeness (QED) is 0.262. The van der Waals surface area contributed by atoms with Gasteiger partial charge in [0, 0.05) is 43.2 Å². The van der Waals surface area contributed by atoms with E-state index in [2.05, 4.69) is 10.6 Å². The van der Waals surface area contributed by atoms with E-state index < -0.39 is 17.9 Å². The fourth-order valence-corrected chi connectivity index (χ4v) is 5.56. The summed E-state index contributed by atoms with van der Waals surface area (Å²) >= 11 is 1.61. The number of hydrogen-bond donors (Lipinski definition) is 4. The zero-order valence-electron chi connectivity index (χ0n) is 20.5. The number of amides is 3. The van der Waals surface area contributed by atoms with Gasteiger partial charge in [-0.05, 0) is 59.9 Å². The number of benzene rings is 1. The minimum atomic E-state index is -0.762. The summed E-state index contributed by atoms with van der Waals surface area (Å²) in [6.45, 7) is 6.01. The average molecular weight is 504 g/mol. The Morgan fingerprint density at radius 3 is 2.60 bits per heavy atom. The van der Waals surface area contributed by atoms with Crippen LogP contribution in [0.3, 0.4) is 0 Å². The average Bonchev–Trinajstić information content (AvgIpc) is 3.26. The fraction of sp³-hybridized carbons (Fsp3) is 0.577. The van der Waals surface area contributed by atoms with Gasteiger partial charge in [-0.1, -0.05) is 32.0 Å². The van der Waals surface area contributed by atoms with E-state index in [1.54, 1.807) is 16.8 Å². The standard InChI is InChI=1S/C26H37N3O5S/c1-17(2)13-19(15-24(30)29-33)25(31)28-22(14-20-16-35-23-6-4-3-5-21(20)23)26(32)27-10-7-18-8-11-34-12-9-18/h3-6,16-19,22,33H,7-15H2,1-2H3,(H,27,32)(H,28,31)(H,29,30)/t19?,22-/m0/s1. The van der Waals surface area contributed by atoms with Crippen LogP contribution in [0.15, 0.2) is 29.6 Å². The Labute approximate surface area is 210 Å². The fourth-order valence-electron chi connectivity index (χ4n) is 4.59. The molecule has 8 nitrogen and oxygen atoms in total. The molecule has 2 atom stereocenters. The van der Waals surface area contributed by atoms with Crippen LogP contribution in [0.2, 0.25) is 0 Å². The van der Waals surface area contributed by atoms with Crippen LogP contribution in [-0.2, 0) is 25.5 Å². The molecular weight excluding hydrogens is 466 g/mol. The highest BCUT2D eigenvalue weighted by Gasteiger charge is 2.28. The molecule has 3 rings (SSSR count). The first-order chi connectivity index (χ1) is 16.9. The summed E-state index contributed by atoms with van der Waals surface area (Å²) in [5, 5.41) is 18.0. The molecule has 0 bridgehead atoms. The highest BCUT2D eigenvalue weighted by atomic mass is 32.1. The molecule has 3 amide bonds. The maximum absolute atomic E-state index is 13.2. The maximum atomic E-state index is 13.2. The van der Waals surface area contributed by atoms with Gasteiger partial charge in [0.25, 0.3) is 0 Å². The Balaban J connectivity index is 1.71. The highest BCUT2D eigenvalue weighted by molar-refractivity contribution is 7.17. The van der Waals surface area contributed by atoms with Crippen LogP contribution in [0.5, 0.6) is 0 Å². The van der Waals surface area contributed by atoms with Gasteiger partial charge >= 0.3 is 0 Å². The number of carbonyl (C=O) groups excluding carboxylic acids is 3. The molecule has 1 unspecified atom stereocenters. The topological polar surface area (TPSA) is 117 Å². The molecule has 0 saturated carbocycles. The van der Waals surface area contributed by atoms with Crippen LogP contribution in [0.4, 0.5) is 0 Å². The number of fused-ring (bicyclic) bond motifs is 1. The number of thiophene rings is 1. The van der Waals surface area contributed by atoms with Crippen molar-refractivity contribution >= 4 is 39.1 Å². The van der Waals surface area contributed by atoms with Crippen molar-refractivity contribution in [2.75, 3.05) is 19.8 Å². The van der Waals surface area contributed by atoms with Crippen LogP contribution in [0, 0.1) is 17.8 Å². The Kier molecular flexibility index (Phi) is 10.5. The first kappa shape index (κ1) is 27.1. The van der Waals surface area contributed by atoms with Crippen molar-refractivity contribution in [3.05, 3.63) is 35.2 Å². The van der Waals surface area contributed by atoms with Crippen LogP contribution in [0.25, 0.3) is 10.1 Å². The lowest BCUT2D eigenvalue weighted by Gasteiger charge is -2.24. The van der Waals surface area contributed by atoms with E-state index >= 15 is 0 Å². The lowest BCUT2D eigenvalue weighted by molar-refractivity contribution is -0.136. The van der Waals surface area contributed by atoms with Crippen molar-refractivity contribution in [3.63, 3.8) is 0 Å². The van der Waals surface area contributed by atoms with Crippen LogP contribution in [-0.4, -0.2) is 48.7 Å². The predicted octanol–water partition coefficient (Wildman–Crippen LogP) is 3.42. The third-order valence-electron chi connectivity index (χ3n) is 6.49. The maximum Gasteiger partial charge on any atom is 0.244 e. The van der Waals surface area contributed by atoms with E-state index in [4.69, 9.17) is 9.94 Å². The van der Waals surface area contributed by atoms with Gasteiger partial charge in [0.15, 0.2) is 0 Å². The number of hydroxylamine groups is 1. The van der Waals surface area contributed by atoms with Crippen molar-refractivity contribution < 1.29 is 24.3 Å². The van der Waals surface area contributed by atoms with Crippen LogP contribution < -0.4 is 16.1 Å². The normalized spacial score (nSPS) is 16.1. The van der Waals surface area contributed by atoms with Crippen molar-refractivity contribution in [1.82, 2.24) is 16.1 Å². The second kappa shape index (κ2) is 13.6. The van der Waals surface area contributed by atoms with E-state index in [-0.39, 0.29) is 24.2 Å². The minimum Gasteiger partial charge on any atom is -0.381 e. The predicted molar refractivity (Wildman–Crippen MR) is 136 cm³/mol. The number of carbonyl (C=O) groups is 3. The summed E-state index contributed by atoms with van der Waals surface area (Å²) in [6, 6.07) is 7.25. The molecule has 1 aromatic heterocycles. The summed E-state index contributed by atoms with van der Waals surface area (Å²) in [5.41, 5.74) is 2.61. The van der Waals surface area contributed by atoms with E-state index in [0.29, 0.717) is 25.3 Å². The third kappa shape index (κ3) is 8.30. The lowest BCUT2D eigenvalue weighted by Crippen LogP contribution is -2.50. The summed E-state index contributed by atoms with van der Waals surface area (Å²) < 4.78 is 6.54. The first-order valence-electron chi connectivity index (χ1n) is 12.4. The Morgan fingerprint density at radius 1 is 1.14 bits per heavy atom. The van der Waals surface area contributed by atoms with Gasteiger partial charge in [-0.15, -0.1) is 11.3 Å². The number of hydrogen-bond acceptors (Lipinski definition) is 6. The van der Waals surface area contributed by atoms with E-state index in [1.807, 2.05) is 43.5 Å². The van der Waals surface area contributed by atoms with E-state index in [9.17, 15) is 14.4 Å². The van der Waals surface area contributed by atoms with Crippen molar-refractivity contribution in [2.24, 2.45) is 17.8 Å². The van der Waals surface area contributed by atoms with E-state index in [0.717, 1.165) is 48.1 Å². The van der Waals surface area contributed by atoms with Gasteiger partial charge in [-0.25, -0.2) is 5.48 Å². The third-order valence-corrected chi connectivity index (χ3v) is 7.51. The monoisotopic (exact) mass is 503 g/mol. The molecule has 192 valence electrons. The Morgan fingerprint density at radius 2 is 1.89 bits per heavy atom. The molecule has 1 saturated heterocycles. The van der Waals surface area contributed by atoms with Crippen molar-refractivity contribution in [3.8, 4) is 0 Å². The SMILES string of the molecule is CC(C)CC(CC(=O)NO)C(=O)N[C@@H](Cc1csc2ccccc12)C(=O)NCCC1CCOCC1. The molecule has 4 N–H and O–H groups in total. The molecule has 2 aromatic rings. The Hall–Kier alpha value is -2.49. The number of nitrogens with one attached hydrogen (secondary N) is 3. The first-order valence-corrected chi connectivity index (χ1v) is 13.3. The van der Waals surface area contributed by atoms with Gasteiger partial charge in [0.1, 0.15) is 6.04 Å². The second-order valence-corrected chi connectivity index (χ2v) is 10.6. The molecule has 1 aliphatic rings. The van der Waals surface area contributed by atoms with Crippen molar-refractivity contribution in [2.45, 2.75) is 58.4 Å². The van der Waals surface area contributed by atoms with Gasteiger partial charge in [-0.2, -0.15) is 0 Å². The minimum absolute atomic E-state index is 0.139. The van der Waals surface area contributed by atoms with Crippen molar-refractivity contribution in [1.29, 1.82) is 0 Å². The molecule has 9 heteroatoms. The smallest absolute Gasteiger partial charge is 0.244 e. The highest BCUT2D eigenvalue weighted by Crippen LogP contribution is 2.27. The largest absolute Gasteiger partial charge is 0.381 e. The molecular formula is C26H37N3O5S. The zero-order chi connectivity index (χ0) is 25.2. The second-order valence-electron chi connectivity index (χ2n) is 9.72. The summed E-state index contributed by atoms with van der Waals surface area (Å²) in [4.78, 5) is 38.2. The molecule has 0 radical (unpaired) electrons. The van der Waals surface area contributed by atoms with E-state index in [1.165, 1.54) is 0 Å². The number of rotatable bonds is 12.